The van der Waals surface area contributed by atoms with Crippen LogP contribution in [0.25, 0.3) is 0 Å². The topological polar surface area (TPSA) is 60.9 Å². The van der Waals surface area contributed by atoms with Crippen LogP contribution in [0.15, 0.2) is 24.3 Å². The first-order valence-electron chi connectivity index (χ1n) is 8.88. The van der Waals surface area contributed by atoms with Crippen LogP contribution in [-0.4, -0.2) is 53.0 Å². The number of benzene rings is 1. The molecule has 2 saturated heterocycles. The zero-order chi connectivity index (χ0) is 17.8. The average molecular weight is 346 g/mol. The molecule has 1 saturated carbocycles. The van der Waals surface area contributed by atoms with Crippen molar-refractivity contribution < 1.29 is 19.1 Å². The van der Waals surface area contributed by atoms with Gasteiger partial charge in [-0.3, -0.25) is 9.59 Å². The van der Waals surface area contributed by atoms with E-state index in [1.807, 2.05) is 15.9 Å². The number of carbonyl (C=O) groups is 2. The number of rotatable bonds is 3. The van der Waals surface area contributed by atoms with Crippen molar-refractivity contribution in [3.63, 3.8) is 0 Å². The van der Waals surface area contributed by atoms with Gasteiger partial charge in [-0.25, -0.2) is 4.39 Å². The molecular formula is C19H23FN2O3. The Bertz CT molecular complexity index is 718. The van der Waals surface area contributed by atoms with Gasteiger partial charge in [0.1, 0.15) is 5.82 Å². The Balaban J connectivity index is 1.59. The van der Waals surface area contributed by atoms with Crippen LogP contribution >= 0.6 is 0 Å². The third-order valence-electron chi connectivity index (χ3n) is 6.16. The number of amides is 2. The SMILES string of the molecule is CC(=O)N1C[C@H]2CN(C(=O)C3(CO)CC3)C[C@H]2[C@@H]1c1cccc(F)c1. The van der Waals surface area contributed by atoms with Crippen molar-refractivity contribution in [2.24, 2.45) is 17.3 Å². The Morgan fingerprint density at radius 2 is 2.04 bits per heavy atom. The number of carbonyl (C=O) groups excluding carboxylic acids is 2. The summed E-state index contributed by atoms with van der Waals surface area (Å²) in [5.41, 5.74) is 0.230. The molecule has 1 N–H and O–H groups in total. The molecule has 3 fully saturated rings. The van der Waals surface area contributed by atoms with Gasteiger partial charge in [0, 0.05) is 38.4 Å². The normalized spacial score (nSPS) is 29.6. The van der Waals surface area contributed by atoms with E-state index < -0.39 is 5.41 Å². The monoisotopic (exact) mass is 346 g/mol. The Morgan fingerprint density at radius 1 is 1.28 bits per heavy atom. The molecule has 134 valence electrons. The Kier molecular flexibility index (Phi) is 3.83. The maximum atomic E-state index is 13.7. The van der Waals surface area contributed by atoms with Crippen molar-refractivity contribution in [1.82, 2.24) is 9.80 Å². The maximum Gasteiger partial charge on any atom is 0.231 e. The van der Waals surface area contributed by atoms with Gasteiger partial charge in [0.15, 0.2) is 0 Å². The number of hydrogen-bond donors (Lipinski definition) is 1. The minimum Gasteiger partial charge on any atom is -0.395 e. The number of hydrogen-bond acceptors (Lipinski definition) is 3. The molecule has 0 unspecified atom stereocenters. The highest BCUT2D eigenvalue weighted by atomic mass is 19.1. The lowest BCUT2D eigenvalue weighted by molar-refractivity contribution is -0.138. The summed E-state index contributed by atoms with van der Waals surface area (Å²) in [6.45, 7) is 3.22. The molecule has 0 bridgehead atoms. The van der Waals surface area contributed by atoms with E-state index in [1.165, 1.54) is 12.1 Å². The van der Waals surface area contributed by atoms with Crippen molar-refractivity contribution in [1.29, 1.82) is 0 Å². The van der Waals surface area contributed by atoms with E-state index in [-0.39, 0.29) is 42.1 Å². The fraction of sp³-hybridized carbons (Fsp3) is 0.579. The first-order valence-corrected chi connectivity index (χ1v) is 8.88. The smallest absolute Gasteiger partial charge is 0.231 e. The van der Waals surface area contributed by atoms with Crippen molar-refractivity contribution in [3.05, 3.63) is 35.6 Å². The molecule has 0 aromatic heterocycles. The van der Waals surface area contributed by atoms with Gasteiger partial charge in [0.25, 0.3) is 0 Å². The molecule has 1 aromatic carbocycles. The molecule has 1 aromatic rings. The second kappa shape index (κ2) is 5.80. The predicted molar refractivity (Wildman–Crippen MR) is 88.8 cm³/mol. The third kappa shape index (κ3) is 2.63. The number of likely N-dealkylation sites (tertiary alicyclic amines) is 2. The zero-order valence-corrected chi connectivity index (χ0v) is 14.3. The van der Waals surface area contributed by atoms with Gasteiger partial charge in [0.2, 0.25) is 11.8 Å². The second-order valence-corrected chi connectivity index (χ2v) is 7.74. The van der Waals surface area contributed by atoms with E-state index in [0.29, 0.717) is 19.6 Å². The second-order valence-electron chi connectivity index (χ2n) is 7.74. The van der Waals surface area contributed by atoms with Crippen molar-refractivity contribution in [2.45, 2.75) is 25.8 Å². The first-order chi connectivity index (χ1) is 11.9. The summed E-state index contributed by atoms with van der Waals surface area (Å²) < 4.78 is 13.7. The van der Waals surface area contributed by atoms with Crippen molar-refractivity contribution in [3.8, 4) is 0 Å². The molecule has 6 heteroatoms. The van der Waals surface area contributed by atoms with Gasteiger partial charge in [-0.15, -0.1) is 0 Å². The highest BCUT2D eigenvalue weighted by Gasteiger charge is 2.56. The van der Waals surface area contributed by atoms with Gasteiger partial charge in [0.05, 0.1) is 18.1 Å². The fourth-order valence-corrected chi connectivity index (χ4v) is 4.58. The molecular weight excluding hydrogens is 323 g/mol. The Labute approximate surface area is 146 Å². The van der Waals surface area contributed by atoms with Crippen LogP contribution in [0.1, 0.15) is 31.4 Å². The van der Waals surface area contributed by atoms with Crippen molar-refractivity contribution in [2.75, 3.05) is 26.2 Å². The highest BCUT2D eigenvalue weighted by Crippen LogP contribution is 2.50. The number of aliphatic hydroxyl groups excluding tert-OH is 1. The van der Waals surface area contributed by atoms with Gasteiger partial charge >= 0.3 is 0 Å². The largest absolute Gasteiger partial charge is 0.395 e. The molecule has 5 nitrogen and oxygen atoms in total. The van der Waals surface area contributed by atoms with E-state index in [2.05, 4.69) is 0 Å². The number of aliphatic hydroxyl groups is 1. The summed E-state index contributed by atoms with van der Waals surface area (Å²) in [5.74, 6) is 0.0275. The predicted octanol–water partition coefficient (Wildman–Crippen LogP) is 1.58. The quantitative estimate of drug-likeness (QED) is 0.904. The summed E-state index contributed by atoms with van der Waals surface area (Å²) in [5, 5.41) is 9.52. The minimum atomic E-state index is -0.562. The van der Waals surface area contributed by atoms with Crippen LogP contribution in [0.5, 0.6) is 0 Å². The molecule has 4 rings (SSSR count). The highest BCUT2D eigenvalue weighted by molar-refractivity contribution is 5.86. The molecule has 2 aliphatic heterocycles. The fourth-order valence-electron chi connectivity index (χ4n) is 4.58. The molecule has 2 heterocycles. The molecule has 3 aliphatic rings. The lowest BCUT2D eigenvalue weighted by Crippen LogP contribution is -2.40. The van der Waals surface area contributed by atoms with Crippen LogP contribution in [0.2, 0.25) is 0 Å². The van der Waals surface area contributed by atoms with Crippen LogP contribution < -0.4 is 0 Å². The minimum absolute atomic E-state index is 0.0180. The average Bonchev–Trinajstić information content (AvgIpc) is 3.14. The lowest BCUT2D eigenvalue weighted by atomic mass is 9.89. The van der Waals surface area contributed by atoms with Crippen molar-refractivity contribution >= 4 is 11.8 Å². The molecule has 0 spiro atoms. The third-order valence-corrected chi connectivity index (χ3v) is 6.16. The summed E-state index contributed by atoms with van der Waals surface area (Å²) in [4.78, 5) is 28.5. The zero-order valence-electron chi connectivity index (χ0n) is 14.3. The van der Waals surface area contributed by atoms with Crippen LogP contribution in [0.4, 0.5) is 4.39 Å². The molecule has 2 amide bonds. The molecule has 1 aliphatic carbocycles. The summed E-state index contributed by atoms with van der Waals surface area (Å²) in [7, 11) is 0. The first kappa shape index (κ1) is 16.5. The van der Waals surface area contributed by atoms with Gasteiger partial charge < -0.3 is 14.9 Å². The number of nitrogens with zero attached hydrogens (tertiary/aromatic N) is 2. The number of halogens is 1. The molecule has 3 atom stereocenters. The molecule has 25 heavy (non-hydrogen) atoms. The van der Waals surface area contributed by atoms with Gasteiger partial charge in [-0.1, -0.05) is 12.1 Å². The van der Waals surface area contributed by atoms with E-state index in [0.717, 1.165) is 18.4 Å². The van der Waals surface area contributed by atoms with E-state index >= 15 is 0 Å². The standard InChI is InChI=1S/C19H23FN2O3/c1-12(24)22-9-14-8-21(18(25)19(11-23)5-6-19)10-16(14)17(22)13-3-2-4-15(20)7-13/h2-4,7,14,16-17,23H,5-6,8-11H2,1H3/t14-,16-,17+/m1/s1. The van der Waals surface area contributed by atoms with Crippen LogP contribution in [-0.2, 0) is 9.59 Å². The van der Waals surface area contributed by atoms with Crippen LogP contribution in [0.3, 0.4) is 0 Å². The Morgan fingerprint density at radius 3 is 2.64 bits per heavy atom. The summed E-state index contributed by atoms with van der Waals surface area (Å²) in [6, 6.07) is 6.21. The van der Waals surface area contributed by atoms with E-state index in [4.69, 9.17) is 0 Å². The Hall–Kier alpha value is -1.95. The van der Waals surface area contributed by atoms with Crippen LogP contribution in [0, 0.1) is 23.1 Å². The molecule has 0 radical (unpaired) electrons. The summed E-state index contributed by atoms with van der Waals surface area (Å²) >= 11 is 0. The van der Waals surface area contributed by atoms with E-state index in [1.54, 1.807) is 13.0 Å². The number of fused-ring (bicyclic) bond motifs is 1. The van der Waals surface area contributed by atoms with Gasteiger partial charge in [-0.2, -0.15) is 0 Å². The maximum absolute atomic E-state index is 13.7. The van der Waals surface area contributed by atoms with E-state index in [9.17, 15) is 19.1 Å². The summed E-state index contributed by atoms with van der Waals surface area (Å²) in [6.07, 6.45) is 1.50. The van der Waals surface area contributed by atoms with Gasteiger partial charge in [-0.05, 0) is 30.5 Å². The lowest BCUT2D eigenvalue weighted by Gasteiger charge is -2.30.